The van der Waals surface area contributed by atoms with Crippen molar-refractivity contribution in [1.29, 1.82) is 0 Å². The molecule has 1 atom stereocenters. The normalized spacial score (nSPS) is 17.5. The standard InChI is InChI=1S/C23H17ClN2O5/c24-17-10-8-15(9-11-17)14-25-20-7-2-1-6-19(20)23(29,22(25)28)13-21(27)16-4-3-5-18(12-16)26(30)31/h1-12,29H,13-14H2/t23-/m1/s1. The summed E-state index contributed by atoms with van der Waals surface area (Å²) in [5, 5.41) is 22.9. The van der Waals surface area contributed by atoms with Gasteiger partial charge in [0.1, 0.15) is 0 Å². The Morgan fingerprint density at radius 2 is 1.77 bits per heavy atom. The number of carbonyl (C=O) groups is 2. The Morgan fingerprint density at radius 1 is 1.06 bits per heavy atom. The lowest BCUT2D eigenvalue weighted by Gasteiger charge is -2.23. The molecule has 1 aliphatic heterocycles. The Balaban J connectivity index is 1.66. The fourth-order valence-corrected chi connectivity index (χ4v) is 3.86. The number of Topliss-reactive ketones (excluding diaryl/α,β-unsaturated/α-hetero) is 1. The quantitative estimate of drug-likeness (QED) is 0.353. The predicted octanol–water partition coefficient (Wildman–Crippen LogP) is 4.26. The number of fused-ring (bicyclic) bond motifs is 1. The minimum absolute atomic E-state index is 0.0593. The SMILES string of the molecule is O=C(C[C@]1(O)C(=O)N(Cc2ccc(Cl)cc2)c2ccccc21)c1cccc([N+](=O)[O-])c1. The highest BCUT2D eigenvalue weighted by Gasteiger charge is 2.50. The van der Waals surface area contributed by atoms with Crippen LogP contribution in [-0.4, -0.2) is 21.7 Å². The zero-order valence-corrected chi connectivity index (χ0v) is 17.0. The van der Waals surface area contributed by atoms with Crippen LogP contribution in [-0.2, 0) is 16.9 Å². The summed E-state index contributed by atoms with van der Waals surface area (Å²) in [6, 6.07) is 19.0. The molecule has 3 aromatic carbocycles. The van der Waals surface area contributed by atoms with Crippen molar-refractivity contribution in [1.82, 2.24) is 0 Å². The number of hydrogen-bond acceptors (Lipinski definition) is 5. The van der Waals surface area contributed by atoms with E-state index in [1.54, 1.807) is 48.5 Å². The van der Waals surface area contributed by atoms with Crippen LogP contribution in [0.5, 0.6) is 0 Å². The van der Waals surface area contributed by atoms with E-state index < -0.39 is 28.6 Å². The monoisotopic (exact) mass is 436 g/mol. The van der Waals surface area contributed by atoms with E-state index in [9.17, 15) is 24.8 Å². The van der Waals surface area contributed by atoms with E-state index in [1.165, 1.54) is 23.1 Å². The highest BCUT2D eigenvalue weighted by Crippen LogP contribution is 2.43. The molecule has 4 rings (SSSR count). The third kappa shape index (κ3) is 3.81. The molecule has 8 heteroatoms. The molecule has 0 saturated heterocycles. The molecule has 1 amide bonds. The van der Waals surface area contributed by atoms with Crippen molar-refractivity contribution in [2.75, 3.05) is 4.90 Å². The second-order valence-electron chi connectivity index (χ2n) is 7.30. The van der Waals surface area contributed by atoms with Gasteiger partial charge in [-0.05, 0) is 23.8 Å². The van der Waals surface area contributed by atoms with Gasteiger partial charge in [-0.1, -0.05) is 54.1 Å². The molecule has 1 heterocycles. The summed E-state index contributed by atoms with van der Waals surface area (Å²) in [6.45, 7) is 0.195. The fourth-order valence-electron chi connectivity index (χ4n) is 3.73. The van der Waals surface area contributed by atoms with Crippen molar-refractivity contribution < 1.29 is 19.6 Å². The number of benzene rings is 3. The largest absolute Gasteiger partial charge is 0.375 e. The molecule has 1 aliphatic rings. The first kappa shape index (κ1) is 20.7. The van der Waals surface area contributed by atoms with Gasteiger partial charge in [-0.2, -0.15) is 0 Å². The fraction of sp³-hybridized carbons (Fsp3) is 0.130. The van der Waals surface area contributed by atoms with Crippen LogP contribution in [0.25, 0.3) is 0 Å². The van der Waals surface area contributed by atoms with Gasteiger partial charge >= 0.3 is 0 Å². The van der Waals surface area contributed by atoms with Crippen LogP contribution in [0.1, 0.15) is 27.9 Å². The van der Waals surface area contributed by atoms with Crippen molar-refractivity contribution in [2.45, 2.75) is 18.6 Å². The summed E-state index contributed by atoms with van der Waals surface area (Å²) >= 11 is 5.93. The summed E-state index contributed by atoms with van der Waals surface area (Å²) in [5.74, 6) is -1.19. The number of halogens is 1. The van der Waals surface area contributed by atoms with E-state index in [2.05, 4.69) is 0 Å². The maximum atomic E-state index is 13.3. The molecule has 1 N–H and O–H groups in total. The van der Waals surface area contributed by atoms with E-state index >= 15 is 0 Å². The molecule has 0 aliphatic carbocycles. The van der Waals surface area contributed by atoms with Crippen LogP contribution in [0.2, 0.25) is 5.02 Å². The second kappa shape index (κ2) is 7.94. The first-order valence-corrected chi connectivity index (χ1v) is 9.83. The Bertz CT molecular complexity index is 1190. The van der Waals surface area contributed by atoms with E-state index in [1.807, 2.05) is 0 Å². The number of nitrogens with zero attached hydrogens (tertiary/aromatic N) is 2. The number of anilines is 1. The number of nitro groups is 1. The number of ketones is 1. The molecule has 0 bridgehead atoms. The van der Waals surface area contributed by atoms with Crippen LogP contribution in [0.15, 0.2) is 72.8 Å². The Labute approximate surface area is 182 Å². The predicted molar refractivity (Wildman–Crippen MR) is 115 cm³/mol. The van der Waals surface area contributed by atoms with Crippen molar-refractivity contribution in [3.05, 3.63) is 105 Å². The maximum Gasteiger partial charge on any atom is 0.270 e. The number of non-ortho nitro benzene ring substituents is 1. The third-order valence-corrected chi connectivity index (χ3v) is 5.54. The van der Waals surface area contributed by atoms with E-state index in [0.29, 0.717) is 16.3 Å². The summed E-state index contributed by atoms with van der Waals surface area (Å²) in [7, 11) is 0. The molecular weight excluding hydrogens is 420 g/mol. The maximum absolute atomic E-state index is 13.3. The number of carbonyl (C=O) groups excluding carboxylic acids is 2. The van der Waals surface area contributed by atoms with Gasteiger partial charge in [-0.15, -0.1) is 0 Å². The number of nitro benzene ring substituents is 1. The summed E-state index contributed by atoms with van der Waals surface area (Å²) < 4.78 is 0. The minimum Gasteiger partial charge on any atom is -0.375 e. The molecule has 31 heavy (non-hydrogen) atoms. The molecule has 7 nitrogen and oxygen atoms in total. The molecule has 0 radical (unpaired) electrons. The molecule has 156 valence electrons. The van der Waals surface area contributed by atoms with Crippen molar-refractivity contribution in [3.63, 3.8) is 0 Å². The molecule has 0 saturated carbocycles. The molecule has 3 aromatic rings. The summed E-state index contributed by atoms with van der Waals surface area (Å²) in [5.41, 5.74) is -0.596. The number of hydrogen-bond donors (Lipinski definition) is 1. The van der Waals surface area contributed by atoms with Gasteiger partial charge < -0.3 is 10.0 Å². The Kier molecular flexibility index (Phi) is 5.31. The number of para-hydroxylation sites is 1. The number of aliphatic hydroxyl groups is 1. The Morgan fingerprint density at radius 3 is 2.48 bits per heavy atom. The van der Waals surface area contributed by atoms with Crippen molar-refractivity contribution >= 4 is 34.7 Å². The van der Waals surface area contributed by atoms with Crippen LogP contribution in [0.3, 0.4) is 0 Å². The van der Waals surface area contributed by atoms with E-state index in [4.69, 9.17) is 11.6 Å². The highest BCUT2D eigenvalue weighted by atomic mass is 35.5. The van der Waals surface area contributed by atoms with Gasteiger partial charge in [-0.25, -0.2) is 0 Å². The van der Waals surface area contributed by atoms with Gasteiger partial charge in [0, 0.05) is 28.3 Å². The van der Waals surface area contributed by atoms with Gasteiger partial charge in [-0.3, -0.25) is 19.7 Å². The van der Waals surface area contributed by atoms with Crippen molar-refractivity contribution in [3.8, 4) is 0 Å². The summed E-state index contributed by atoms with van der Waals surface area (Å²) in [6.07, 6.45) is -0.527. The zero-order valence-electron chi connectivity index (χ0n) is 16.2. The lowest BCUT2D eigenvalue weighted by atomic mass is 9.88. The van der Waals surface area contributed by atoms with Crippen LogP contribution in [0.4, 0.5) is 11.4 Å². The van der Waals surface area contributed by atoms with Gasteiger partial charge in [0.25, 0.3) is 11.6 Å². The number of rotatable bonds is 6. The average Bonchev–Trinajstić information content (AvgIpc) is 2.97. The number of amides is 1. The Hall–Kier alpha value is -3.55. The first-order chi connectivity index (χ1) is 14.8. The smallest absolute Gasteiger partial charge is 0.270 e. The van der Waals surface area contributed by atoms with Crippen molar-refractivity contribution in [2.24, 2.45) is 0 Å². The topological polar surface area (TPSA) is 101 Å². The average molecular weight is 437 g/mol. The molecular formula is C23H17ClN2O5. The second-order valence-corrected chi connectivity index (χ2v) is 7.74. The lowest BCUT2D eigenvalue weighted by molar-refractivity contribution is -0.384. The lowest BCUT2D eigenvalue weighted by Crippen LogP contribution is -2.41. The van der Waals surface area contributed by atoms with Crippen LogP contribution >= 0.6 is 11.6 Å². The molecule has 0 fully saturated rings. The highest BCUT2D eigenvalue weighted by molar-refractivity contribution is 6.30. The zero-order chi connectivity index (χ0) is 22.2. The third-order valence-electron chi connectivity index (χ3n) is 5.29. The van der Waals surface area contributed by atoms with E-state index in [0.717, 1.165) is 11.6 Å². The first-order valence-electron chi connectivity index (χ1n) is 9.45. The molecule has 0 unspecified atom stereocenters. The van der Waals surface area contributed by atoms with Crippen LogP contribution < -0.4 is 4.90 Å². The van der Waals surface area contributed by atoms with Gasteiger partial charge in [0.15, 0.2) is 11.4 Å². The summed E-state index contributed by atoms with van der Waals surface area (Å²) in [4.78, 5) is 38.0. The molecule has 0 aromatic heterocycles. The van der Waals surface area contributed by atoms with E-state index in [-0.39, 0.29) is 17.8 Å². The van der Waals surface area contributed by atoms with Gasteiger partial charge in [0.2, 0.25) is 0 Å². The minimum atomic E-state index is -2.06. The molecule has 0 spiro atoms. The van der Waals surface area contributed by atoms with Crippen LogP contribution in [0, 0.1) is 10.1 Å². The van der Waals surface area contributed by atoms with Gasteiger partial charge in [0.05, 0.1) is 23.6 Å².